The van der Waals surface area contributed by atoms with Crippen LogP contribution in [0.15, 0.2) is 18.2 Å². The maximum atomic E-state index is 14.6. The molecular formula is C16H18FN2O6S-. The fourth-order valence-corrected chi connectivity index (χ4v) is 4.30. The highest BCUT2D eigenvalue weighted by Crippen LogP contribution is 2.35. The van der Waals surface area contributed by atoms with Gasteiger partial charge in [-0.2, -0.15) is 0 Å². The molecule has 1 aromatic rings. The first kappa shape index (κ1) is 17.5. The summed E-state index contributed by atoms with van der Waals surface area (Å²) < 4.78 is 57.3. The van der Waals surface area contributed by atoms with Crippen molar-refractivity contribution >= 4 is 27.6 Å². The third kappa shape index (κ3) is 3.36. The van der Waals surface area contributed by atoms with Gasteiger partial charge in [-0.3, -0.25) is 4.90 Å². The Morgan fingerprint density at radius 2 is 2.12 bits per heavy atom. The van der Waals surface area contributed by atoms with Crippen molar-refractivity contribution in [3.8, 4) is 0 Å². The number of halogens is 1. The second-order valence-corrected chi connectivity index (χ2v) is 8.32. The molecule has 0 radical (unpaired) electrons. The molecule has 0 saturated carbocycles. The van der Waals surface area contributed by atoms with E-state index < -0.39 is 33.9 Å². The molecule has 0 N–H and O–H groups in total. The highest BCUT2D eigenvalue weighted by atomic mass is 32.2. The van der Waals surface area contributed by atoms with E-state index in [1.54, 1.807) is 12.1 Å². The lowest BCUT2D eigenvalue weighted by Crippen LogP contribution is -2.37. The monoisotopic (exact) mass is 385 g/mol. The van der Waals surface area contributed by atoms with Gasteiger partial charge >= 0.3 is 6.09 Å². The van der Waals surface area contributed by atoms with Crippen molar-refractivity contribution in [1.29, 1.82) is 0 Å². The van der Waals surface area contributed by atoms with Crippen LogP contribution < -0.4 is 9.80 Å². The van der Waals surface area contributed by atoms with Crippen LogP contribution in [0.25, 0.3) is 0 Å². The molecule has 3 aliphatic rings. The molecule has 0 spiro atoms. The number of amides is 1. The van der Waals surface area contributed by atoms with Crippen LogP contribution >= 0.6 is 0 Å². The topological polar surface area (TPSA) is 99.2 Å². The largest absolute Gasteiger partial charge is 0.748 e. The Morgan fingerprint density at radius 3 is 2.73 bits per heavy atom. The lowest BCUT2D eigenvalue weighted by Gasteiger charge is -2.29. The van der Waals surface area contributed by atoms with E-state index in [2.05, 4.69) is 0 Å². The van der Waals surface area contributed by atoms with Gasteiger partial charge in [0.1, 0.15) is 11.9 Å². The summed E-state index contributed by atoms with van der Waals surface area (Å²) in [5.41, 5.74) is 0.815. The van der Waals surface area contributed by atoms with Gasteiger partial charge in [0, 0.05) is 12.3 Å². The number of rotatable bonds is 5. The molecule has 3 atom stereocenters. The number of hydrogen-bond acceptors (Lipinski definition) is 7. The van der Waals surface area contributed by atoms with Gasteiger partial charge in [-0.25, -0.2) is 17.6 Å². The van der Waals surface area contributed by atoms with Crippen molar-refractivity contribution in [1.82, 2.24) is 0 Å². The maximum Gasteiger partial charge on any atom is 0.414 e. The Balaban J connectivity index is 1.46. The van der Waals surface area contributed by atoms with Crippen LogP contribution in [0, 0.1) is 5.82 Å². The van der Waals surface area contributed by atoms with Crippen molar-refractivity contribution in [2.75, 3.05) is 35.2 Å². The van der Waals surface area contributed by atoms with Gasteiger partial charge in [0.2, 0.25) is 0 Å². The molecule has 1 aromatic carbocycles. The standard InChI is InChI=1S/C16H19FN2O6S/c17-14-6-10(1-2-15(14)18-8-13-5-11(18)9-24-13)19-7-12(25-16(19)20)3-4-26(21,22)23/h1-2,6,11-13H,3-5,7-9H2,(H,21,22,23)/p-1/t11-,12+,13-/m0/s1. The molecule has 0 unspecified atom stereocenters. The van der Waals surface area contributed by atoms with Crippen molar-refractivity contribution in [2.45, 2.75) is 31.1 Å². The second kappa shape index (κ2) is 6.36. The van der Waals surface area contributed by atoms with Gasteiger partial charge in [0.05, 0.1) is 46.8 Å². The van der Waals surface area contributed by atoms with Gasteiger partial charge in [0.25, 0.3) is 0 Å². The predicted molar refractivity (Wildman–Crippen MR) is 88.7 cm³/mol. The minimum Gasteiger partial charge on any atom is -0.748 e. The zero-order chi connectivity index (χ0) is 18.5. The van der Waals surface area contributed by atoms with E-state index in [1.165, 1.54) is 11.0 Å². The van der Waals surface area contributed by atoms with E-state index in [9.17, 15) is 22.2 Å². The normalized spacial score (nSPS) is 28.1. The van der Waals surface area contributed by atoms with E-state index in [4.69, 9.17) is 9.47 Å². The lowest BCUT2D eigenvalue weighted by atomic mass is 10.2. The molecule has 4 rings (SSSR count). The number of hydrogen-bond donors (Lipinski definition) is 0. The molecule has 2 bridgehead atoms. The molecule has 8 nitrogen and oxygen atoms in total. The molecule has 3 heterocycles. The smallest absolute Gasteiger partial charge is 0.414 e. The molecule has 3 aliphatic heterocycles. The fourth-order valence-electron chi connectivity index (χ4n) is 3.75. The molecule has 26 heavy (non-hydrogen) atoms. The molecule has 0 aromatic heterocycles. The van der Waals surface area contributed by atoms with Gasteiger partial charge < -0.3 is 18.9 Å². The zero-order valence-electron chi connectivity index (χ0n) is 13.8. The van der Waals surface area contributed by atoms with Crippen LogP contribution in [0.3, 0.4) is 0 Å². The van der Waals surface area contributed by atoms with Crippen molar-refractivity contribution in [2.24, 2.45) is 0 Å². The maximum absolute atomic E-state index is 14.6. The van der Waals surface area contributed by atoms with Crippen LogP contribution in [0.4, 0.5) is 20.6 Å². The first-order valence-electron chi connectivity index (χ1n) is 8.39. The molecule has 10 heteroatoms. The molecule has 0 aliphatic carbocycles. The van der Waals surface area contributed by atoms with Gasteiger partial charge in [-0.1, -0.05) is 0 Å². The number of nitrogens with zero attached hydrogens (tertiary/aromatic N) is 2. The summed E-state index contributed by atoms with van der Waals surface area (Å²) >= 11 is 0. The quantitative estimate of drug-likeness (QED) is 0.699. The van der Waals surface area contributed by atoms with Crippen LogP contribution in [-0.2, 0) is 19.6 Å². The number of fused-ring (bicyclic) bond motifs is 2. The van der Waals surface area contributed by atoms with Crippen LogP contribution in [0.5, 0.6) is 0 Å². The summed E-state index contributed by atoms with van der Waals surface area (Å²) in [4.78, 5) is 15.2. The molecule has 1 amide bonds. The number of carbonyl (C=O) groups is 1. The van der Waals surface area contributed by atoms with Crippen molar-refractivity contribution in [3.05, 3.63) is 24.0 Å². The van der Waals surface area contributed by atoms with Gasteiger partial charge in [-0.15, -0.1) is 0 Å². The average molecular weight is 385 g/mol. The molecule has 3 fully saturated rings. The lowest BCUT2D eigenvalue weighted by molar-refractivity contribution is 0.0989. The fraction of sp³-hybridized carbons (Fsp3) is 0.562. The van der Waals surface area contributed by atoms with Crippen LogP contribution in [0.1, 0.15) is 12.8 Å². The summed E-state index contributed by atoms with van der Waals surface area (Å²) in [5.74, 6) is -1.04. The van der Waals surface area contributed by atoms with E-state index in [1.807, 2.05) is 4.90 Å². The predicted octanol–water partition coefficient (Wildman–Crippen LogP) is 1.06. The SMILES string of the molecule is O=C1O[C@H](CCS(=O)(=O)[O-])CN1c1ccc(N2C[C@@H]3C[C@H]2CO3)c(F)c1. The van der Waals surface area contributed by atoms with E-state index >= 15 is 0 Å². The average Bonchev–Trinajstić information content (AvgIpc) is 3.27. The minimum absolute atomic E-state index is 0.0779. The number of morpholine rings is 1. The zero-order valence-corrected chi connectivity index (χ0v) is 14.7. The Bertz CT molecular complexity index is 832. The number of ether oxygens (including phenoxy) is 2. The van der Waals surface area contributed by atoms with Crippen molar-refractivity contribution < 1.29 is 31.6 Å². The Kier molecular flexibility index (Phi) is 4.28. The first-order valence-corrected chi connectivity index (χ1v) is 9.97. The van der Waals surface area contributed by atoms with E-state index in [0.717, 1.165) is 6.42 Å². The highest BCUT2D eigenvalue weighted by molar-refractivity contribution is 7.85. The van der Waals surface area contributed by atoms with Crippen LogP contribution in [0.2, 0.25) is 0 Å². The summed E-state index contributed by atoms with van der Waals surface area (Å²) in [6.45, 7) is 1.32. The van der Waals surface area contributed by atoms with Crippen LogP contribution in [-0.4, -0.2) is 62.8 Å². The Morgan fingerprint density at radius 1 is 1.31 bits per heavy atom. The van der Waals surface area contributed by atoms with Gasteiger partial charge in [-0.05, 0) is 31.0 Å². The summed E-state index contributed by atoms with van der Waals surface area (Å²) in [6, 6.07) is 4.72. The van der Waals surface area contributed by atoms with Crippen molar-refractivity contribution in [3.63, 3.8) is 0 Å². The molecule has 142 valence electrons. The second-order valence-electron chi connectivity index (χ2n) is 6.80. The molecular weight excluding hydrogens is 367 g/mol. The third-order valence-electron chi connectivity index (χ3n) is 5.02. The number of cyclic esters (lactones) is 1. The Hall–Kier alpha value is -1.91. The van der Waals surface area contributed by atoms with E-state index in [0.29, 0.717) is 24.5 Å². The summed E-state index contributed by atoms with van der Waals surface area (Å²) in [7, 11) is -4.37. The molecule has 3 saturated heterocycles. The third-order valence-corrected chi connectivity index (χ3v) is 5.75. The first-order chi connectivity index (χ1) is 12.3. The highest BCUT2D eigenvalue weighted by Gasteiger charge is 2.40. The van der Waals surface area contributed by atoms with Gasteiger partial charge in [0.15, 0.2) is 0 Å². The Labute approximate surface area is 150 Å². The van der Waals surface area contributed by atoms with E-state index in [-0.39, 0.29) is 25.1 Å². The number of anilines is 2. The minimum atomic E-state index is -4.37. The number of benzene rings is 1. The number of carbonyl (C=O) groups excluding carboxylic acids is 1. The summed E-state index contributed by atoms with van der Waals surface area (Å²) in [5, 5.41) is 0. The summed E-state index contributed by atoms with van der Waals surface area (Å²) in [6.07, 6.45) is -0.430.